The molecule has 1 aliphatic rings. The quantitative estimate of drug-likeness (QED) is 0.661. The first-order chi connectivity index (χ1) is 5.68. The molecule has 0 aromatic carbocycles. The van der Waals surface area contributed by atoms with Crippen LogP contribution in [0.5, 0.6) is 0 Å². The number of hydrogen-bond donors (Lipinski definition) is 1. The molecule has 0 radical (unpaired) electrons. The summed E-state index contributed by atoms with van der Waals surface area (Å²) in [6, 6.07) is 0. The molecule has 0 aliphatic carbocycles. The van der Waals surface area contributed by atoms with Crippen molar-refractivity contribution in [1.82, 2.24) is 5.01 Å². The third-order valence-electron chi connectivity index (χ3n) is 1.17. The predicted molar refractivity (Wildman–Crippen MR) is 43.5 cm³/mol. The highest BCUT2D eigenvalue weighted by Gasteiger charge is 2.14. The lowest BCUT2D eigenvalue weighted by atomic mass is 10.6. The lowest BCUT2D eigenvalue weighted by Crippen LogP contribution is -2.23. The van der Waals surface area contributed by atoms with Gasteiger partial charge in [0.2, 0.25) is 5.12 Å². The van der Waals surface area contributed by atoms with Crippen molar-refractivity contribution in [3.63, 3.8) is 0 Å². The van der Waals surface area contributed by atoms with E-state index in [-0.39, 0.29) is 11.7 Å². The predicted octanol–water partition coefficient (Wildman–Crippen LogP) is 0.00770. The Morgan fingerprint density at radius 2 is 2.33 bits per heavy atom. The first-order valence-electron chi connectivity index (χ1n) is 3.31. The summed E-state index contributed by atoms with van der Waals surface area (Å²) in [5.74, 6) is 0. The summed E-state index contributed by atoms with van der Waals surface area (Å²) >= 11 is 0.498. The minimum absolute atomic E-state index is 0.0944. The summed E-state index contributed by atoms with van der Waals surface area (Å²) in [5, 5.41) is 7.84. The molecule has 1 heterocycles. The average Bonchev–Trinajstić information content (AvgIpc) is 2.37. The van der Waals surface area contributed by atoms with E-state index in [0.717, 1.165) is 0 Å². The van der Waals surface area contributed by atoms with Gasteiger partial charge in [-0.05, 0) is 0 Å². The van der Waals surface area contributed by atoms with Crippen LogP contribution in [-0.4, -0.2) is 35.0 Å². The molecule has 0 unspecified atom stereocenters. The topological polar surface area (TPSA) is 88.1 Å². The summed E-state index contributed by atoms with van der Waals surface area (Å²) in [7, 11) is 0. The number of thioether (sulfide) groups is 1. The highest BCUT2D eigenvalue weighted by Crippen LogP contribution is 2.06. The van der Waals surface area contributed by atoms with Gasteiger partial charge in [0, 0.05) is 11.8 Å². The second-order valence-electron chi connectivity index (χ2n) is 2.14. The van der Waals surface area contributed by atoms with E-state index < -0.39 is 5.24 Å². The Balaban J connectivity index is 2.26. The fraction of sp³-hybridized carbons (Fsp3) is 0.600. The lowest BCUT2D eigenvalue weighted by Gasteiger charge is -2.07. The van der Waals surface area contributed by atoms with Crippen LogP contribution in [0.2, 0.25) is 0 Å². The number of carbonyl (C=O) groups is 2. The molecule has 0 aromatic heterocycles. The molecule has 1 aliphatic heterocycles. The highest BCUT2D eigenvalue weighted by molar-refractivity contribution is 8.26. The van der Waals surface area contributed by atoms with Gasteiger partial charge in [-0.1, -0.05) is 5.22 Å². The Bertz CT molecular complexity index is 229. The SMILES string of the molecule is NC(=O)SC(=O)CN1CCN=N1. The molecule has 7 heteroatoms. The van der Waals surface area contributed by atoms with E-state index in [2.05, 4.69) is 10.3 Å². The molecule has 0 atom stereocenters. The van der Waals surface area contributed by atoms with Crippen LogP contribution in [0.1, 0.15) is 0 Å². The van der Waals surface area contributed by atoms with Crippen molar-refractivity contribution >= 4 is 22.1 Å². The molecule has 0 fully saturated rings. The molecule has 0 saturated carbocycles. The van der Waals surface area contributed by atoms with Gasteiger partial charge in [-0.2, -0.15) is 5.11 Å². The van der Waals surface area contributed by atoms with Crippen molar-refractivity contribution < 1.29 is 9.59 Å². The van der Waals surface area contributed by atoms with Gasteiger partial charge in [0.05, 0.1) is 13.1 Å². The smallest absolute Gasteiger partial charge is 0.284 e. The Labute approximate surface area is 73.2 Å². The van der Waals surface area contributed by atoms with E-state index in [0.29, 0.717) is 24.9 Å². The van der Waals surface area contributed by atoms with Gasteiger partial charge >= 0.3 is 0 Å². The summed E-state index contributed by atoms with van der Waals surface area (Å²) in [4.78, 5) is 21.2. The van der Waals surface area contributed by atoms with Crippen molar-refractivity contribution in [2.24, 2.45) is 16.1 Å². The average molecular weight is 188 g/mol. The zero-order chi connectivity index (χ0) is 8.97. The molecule has 0 bridgehead atoms. The largest absolute Gasteiger partial charge is 0.360 e. The van der Waals surface area contributed by atoms with Crippen molar-refractivity contribution in [1.29, 1.82) is 0 Å². The van der Waals surface area contributed by atoms with Crippen LogP contribution < -0.4 is 5.73 Å². The molecule has 0 spiro atoms. The van der Waals surface area contributed by atoms with Gasteiger partial charge < -0.3 is 5.73 Å². The fourth-order valence-electron chi connectivity index (χ4n) is 0.743. The number of rotatable bonds is 2. The normalized spacial score (nSPS) is 15.2. The summed E-state index contributed by atoms with van der Waals surface area (Å²) in [6.07, 6.45) is 0. The van der Waals surface area contributed by atoms with Gasteiger partial charge in [-0.15, -0.1) is 0 Å². The van der Waals surface area contributed by atoms with Crippen LogP contribution in [0.4, 0.5) is 4.79 Å². The van der Waals surface area contributed by atoms with E-state index in [4.69, 9.17) is 5.73 Å². The molecular formula is C5H8N4O2S. The van der Waals surface area contributed by atoms with Gasteiger partial charge in [-0.3, -0.25) is 14.6 Å². The summed E-state index contributed by atoms with van der Waals surface area (Å²) < 4.78 is 0. The number of primary amides is 1. The molecular weight excluding hydrogens is 180 g/mol. The van der Waals surface area contributed by atoms with Crippen LogP contribution in [-0.2, 0) is 4.79 Å². The van der Waals surface area contributed by atoms with E-state index >= 15 is 0 Å². The Kier molecular flexibility index (Phi) is 3.03. The van der Waals surface area contributed by atoms with E-state index in [1.54, 1.807) is 0 Å². The number of carbonyl (C=O) groups excluding carboxylic acids is 2. The second kappa shape index (κ2) is 4.05. The zero-order valence-corrected chi connectivity index (χ0v) is 7.08. The molecule has 1 amide bonds. The van der Waals surface area contributed by atoms with E-state index in [1.807, 2.05) is 0 Å². The van der Waals surface area contributed by atoms with Gasteiger partial charge in [0.25, 0.3) is 5.24 Å². The molecule has 12 heavy (non-hydrogen) atoms. The maximum atomic E-state index is 10.9. The van der Waals surface area contributed by atoms with Crippen LogP contribution >= 0.6 is 11.8 Å². The minimum Gasteiger partial charge on any atom is -0.360 e. The van der Waals surface area contributed by atoms with E-state index in [1.165, 1.54) is 5.01 Å². The van der Waals surface area contributed by atoms with Crippen LogP contribution in [0, 0.1) is 0 Å². The van der Waals surface area contributed by atoms with Crippen molar-refractivity contribution in [2.45, 2.75) is 0 Å². The molecule has 0 aromatic rings. The van der Waals surface area contributed by atoms with Crippen molar-refractivity contribution in [2.75, 3.05) is 19.6 Å². The Morgan fingerprint density at radius 3 is 2.83 bits per heavy atom. The first-order valence-corrected chi connectivity index (χ1v) is 4.12. The maximum Gasteiger partial charge on any atom is 0.284 e. The van der Waals surface area contributed by atoms with Crippen LogP contribution in [0.25, 0.3) is 0 Å². The third kappa shape index (κ3) is 2.87. The fourth-order valence-corrected chi connectivity index (χ4v) is 1.18. The summed E-state index contributed by atoms with van der Waals surface area (Å²) in [6.45, 7) is 1.33. The second-order valence-corrected chi connectivity index (χ2v) is 3.20. The van der Waals surface area contributed by atoms with Gasteiger partial charge in [0.15, 0.2) is 0 Å². The Morgan fingerprint density at radius 1 is 1.58 bits per heavy atom. The number of hydrogen-bond acceptors (Lipinski definition) is 6. The highest BCUT2D eigenvalue weighted by atomic mass is 32.2. The van der Waals surface area contributed by atoms with Crippen LogP contribution in [0.3, 0.4) is 0 Å². The van der Waals surface area contributed by atoms with Gasteiger partial charge in [0.1, 0.15) is 6.54 Å². The van der Waals surface area contributed by atoms with Gasteiger partial charge in [-0.25, -0.2) is 0 Å². The molecule has 0 saturated heterocycles. The number of nitrogens with two attached hydrogens (primary N) is 1. The van der Waals surface area contributed by atoms with Crippen LogP contribution in [0.15, 0.2) is 10.3 Å². The minimum atomic E-state index is -0.684. The van der Waals surface area contributed by atoms with Crippen molar-refractivity contribution in [3.05, 3.63) is 0 Å². The number of amides is 1. The lowest BCUT2D eigenvalue weighted by molar-refractivity contribution is -0.111. The first kappa shape index (κ1) is 8.98. The molecule has 66 valence electrons. The zero-order valence-electron chi connectivity index (χ0n) is 6.27. The molecule has 1 rings (SSSR count). The summed E-state index contributed by atoms with van der Waals surface area (Å²) in [5.41, 5.74) is 4.80. The maximum absolute atomic E-state index is 10.9. The molecule has 6 nitrogen and oxygen atoms in total. The van der Waals surface area contributed by atoms with Crippen molar-refractivity contribution in [3.8, 4) is 0 Å². The third-order valence-corrected chi connectivity index (χ3v) is 1.73. The standard InChI is InChI=1S/C5H8N4O2S/c6-5(11)12-4(10)3-9-2-1-7-8-9/h1-3H2,(H2,6,11). The Hall–Kier alpha value is -1.11. The van der Waals surface area contributed by atoms with E-state index in [9.17, 15) is 9.59 Å². The monoisotopic (exact) mass is 188 g/mol. The molecule has 2 N–H and O–H groups in total. The number of nitrogens with zero attached hydrogens (tertiary/aromatic N) is 3.